The summed E-state index contributed by atoms with van der Waals surface area (Å²) in [7, 11) is 1.12. The number of quaternary nitrogens is 1. The van der Waals surface area contributed by atoms with Gasteiger partial charge in [-0.1, -0.05) is 62.5 Å². The number of rotatable bonds is 24. The van der Waals surface area contributed by atoms with Crippen molar-refractivity contribution < 1.29 is 42.1 Å². The number of phosphoric ester groups is 1. The van der Waals surface area contributed by atoms with E-state index in [1.165, 1.54) is 0 Å². The van der Waals surface area contributed by atoms with E-state index < -0.39 is 32.5 Å². The van der Waals surface area contributed by atoms with Crippen LogP contribution in [0.15, 0.2) is 48.6 Å². The Balaban J connectivity index is 4.39. The molecule has 0 heterocycles. The number of hydrogen-bond acceptors (Lipinski definition) is 8. The lowest BCUT2D eigenvalue weighted by atomic mass is 10.2. The van der Waals surface area contributed by atoms with Crippen molar-refractivity contribution in [2.75, 3.05) is 47.5 Å². The van der Waals surface area contributed by atoms with Crippen molar-refractivity contribution in [2.45, 2.75) is 84.2 Å². The number of carbonyl (C=O) groups is 2. The minimum atomic E-state index is -4.60. The second kappa shape index (κ2) is 23.7. The zero-order chi connectivity index (χ0) is 30.1. The molecule has 0 saturated heterocycles. The van der Waals surface area contributed by atoms with E-state index in [2.05, 4.69) is 55.5 Å². The SMILES string of the molecule is CC/C=C\C/C=C\C/C=C\C/C=C\CCCCC(=O)OC(COC(=O)CCC)COP(=O)([O-])OCC[N+](C)(C)C. The fraction of sp³-hybridized carbons (Fsp3) is 0.667. The van der Waals surface area contributed by atoms with Crippen LogP contribution in [0.2, 0.25) is 0 Å². The Morgan fingerprint density at radius 2 is 1.40 bits per heavy atom. The van der Waals surface area contributed by atoms with Gasteiger partial charge in [0.15, 0.2) is 6.10 Å². The van der Waals surface area contributed by atoms with E-state index in [4.69, 9.17) is 18.5 Å². The van der Waals surface area contributed by atoms with Crippen LogP contribution in [0.5, 0.6) is 0 Å². The predicted molar refractivity (Wildman–Crippen MR) is 157 cm³/mol. The Morgan fingerprint density at radius 1 is 0.800 bits per heavy atom. The van der Waals surface area contributed by atoms with Gasteiger partial charge < -0.3 is 27.9 Å². The third-order valence-corrected chi connectivity index (χ3v) is 6.30. The fourth-order valence-electron chi connectivity index (χ4n) is 3.09. The molecule has 0 N–H and O–H groups in total. The summed E-state index contributed by atoms with van der Waals surface area (Å²) in [5.74, 6) is -0.956. The van der Waals surface area contributed by atoms with Crippen molar-refractivity contribution in [3.8, 4) is 0 Å². The molecular weight excluding hydrogens is 533 g/mol. The average Bonchev–Trinajstić information content (AvgIpc) is 2.87. The molecule has 0 radical (unpaired) electrons. The third kappa shape index (κ3) is 26.2. The molecule has 0 aromatic rings. The van der Waals surface area contributed by atoms with Gasteiger partial charge in [0, 0.05) is 12.8 Å². The monoisotopic (exact) mass is 585 g/mol. The molecule has 0 spiro atoms. The van der Waals surface area contributed by atoms with E-state index in [-0.39, 0.29) is 26.1 Å². The molecule has 0 aromatic heterocycles. The van der Waals surface area contributed by atoms with Crippen LogP contribution in [0.4, 0.5) is 0 Å². The van der Waals surface area contributed by atoms with Gasteiger partial charge in [0.25, 0.3) is 7.82 Å². The lowest BCUT2D eigenvalue weighted by Crippen LogP contribution is -2.37. The lowest BCUT2D eigenvalue weighted by Gasteiger charge is -2.28. The van der Waals surface area contributed by atoms with E-state index in [1.807, 2.05) is 28.1 Å². The van der Waals surface area contributed by atoms with Gasteiger partial charge in [-0.3, -0.25) is 14.2 Å². The van der Waals surface area contributed by atoms with Gasteiger partial charge in [-0.15, -0.1) is 0 Å². The molecule has 0 saturated carbocycles. The molecule has 2 unspecified atom stereocenters. The summed E-state index contributed by atoms with van der Waals surface area (Å²) in [4.78, 5) is 36.2. The molecular formula is C30H52NO8P. The zero-order valence-electron chi connectivity index (χ0n) is 25.3. The lowest BCUT2D eigenvalue weighted by molar-refractivity contribution is -0.870. The molecule has 0 aliphatic carbocycles. The molecule has 0 amide bonds. The van der Waals surface area contributed by atoms with Gasteiger partial charge in [0.2, 0.25) is 0 Å². The zero-order valence-corrected chi connectivity index (χ0v) is 26.2. The summed E-state index contributed by atoms with van der Waals surface area (Å²) in [6, 6.07) is 0. The normalized spacial score (nSPS) is 14.8. The second-order valence-corrected chi connectivity index (χ2v) is 11.8. The first kappa shape index (κ1) is 38.0. The standard InChI is InChI=1S/C30H52NO8P/c1-6-8-9-10-11-12-13-14-15-16-17-18-19-20-21-23-30(33)39-28(26-36-29(32)22-7-2)27-38-40(34,35)37-25-24-31(3,4)5/h8-9,11-12,14-15,17-18,28H,6-7,10,13,16,19-27H2,1-5H3/b9-8-,12-11-,15-14-,18-17-. The van der Waals surface area contributed by atoms with Crippen LogP contribution in [-0.4, -0.2) is 70.0 Å². The predicted octanol–water partition coefficient (Wildman–Crippen LogP) is 5.81. The molecule has 40 heavy (non-hydrogen) atoms. The number of phosphoric acid groups is 1. The largest absolute Gasteiger partial charge is 0.756 e. The maximum atomic E-state index is 12.3. The number of unbranched alkanes of at least 4 members (excludes halogenated alkanes) is 2. The summed E-state index contributed by atoms with van der Waals surface area (Å²) >= 11 is 0. The molecule has 10 heteroatoms. The molecule has 0 aliphatic heterocycles. The van der Waals surface area contributed by atoms with Gasteiger partial charge in [0.05, 0.1) is 27.7 Å². The Morgan fingerprint density at radius 3 is 1.98 bits per heavy atom. The molecule has 9 nitrogen and oxygen atoms in total. The Bertz CT molecular complexity index is 845. The number of hydrogen-bond donors (Lipinski definition) is 0. The maximum absolute atomic E-state index is 12.3. The number of allylic oxidation sites excluding steroid dienone is 8. The van der Waals surface area contributed by atoms with E-state index in [9.17, 15) is 19.0 Å². The number of carbonyl (C=O) groups excluding carboxylic acids is 2. The highest BCUT2D eigenvalue weighted by Gasteiger charge is 2.21. The van der Waals surface area contributed by atoms with E-state index >= 15 is 0 Å². The summed E-state index contributed by atoms with van der Waals surface area (Å²) in [6.07, 6.45) is 23.2. The van der Waals surface area contributed by atoms with Crippen LogP contribution in [0.1, 0.15) is 78.1 Å². The number of nitrogens with zero attached hydrogens (tertiary/aromatic N) is 1. The maximum Gasteiger partial charge on any atom is 0.306 e. The average molecular weight is 586 g/mol. The second-order valence-electron chi connectivity index (χ2n) is 10.4. The molecule has 0 bridgehead atoms. The van der Waals surface area contributed by atoms with Crippen LogP contribution in [0, 0.1) is 0 Å². The highest BCUT2D eigenvalue weighted by atomic mass is 31.2. The van der Waals surface area contributed by atoms with E-state index in [0.29, 0.717) is 23.9 Å². The Labute approximate surface area is 242 Å². The van der Waals surface area contributed by atoms with Crippen LogP contribution in [0.25, 0.3) is 0 Å². The van der Waals surface area contributed by atoms with E-state index in [1.54, 1.807) is 0 Å². The number of esters is 2. The van der Waals surface area contributed by atoms with Crippen molar-refractivity contribution in [2.24, 2.45) is 0 Å². The van der Waals surface area contributed by atoms with Crippen molar-refractivity contribution in [1.29, 1.82) is 0 Å². The van der Waals surface area contributed by atoms with Crippen LogP contribution in [-0.2, 0) is 32.7 Å². The highest BCUT2D eigenvalue weighted by Crippen LogP contribution is 2.38. The minimum absolute atomic E-state index is 0.0422. The van der Waals surface area contributed by atoms with Crippen LogP contribution in [0.3, 0.4) is 0 Å². The van der Waals surface area contributed by atoms with Gasteiger partial charge in [0.1, 0.15) is 19.8 Å². The Kier molecular flexibility index (Phi) is 22.5. The third-order valence-electron chi connectivity index (χ3n) is 5.33. The summed E-state index contributed by atoms with van der Waals surface area (Å²) in [5, 5.41) is 0. The van der Waals surface area contributed by atoms with Gasteiger partial charge in [-0.2, -0.15) is 0 Å². The molecule has 0 aliphatic rings. The topological polar surface area (TPSA) is 111 Å². The van der Waals surface area contributed by atoms with Crippen molar-refractivity contribution >= 4 is 19.8 Å². The molecule has 230 valence electrons. The van der Waals surface area contributed by atoms with Gasteiger partial charge >= 0.3 is 11.9 Å². The quantitative estimate of drug-likeness (QED) is 0.0458. The van der Waals surface area contributed by atoms with Crippen LogP contribution >= 0.6 is 7.82 Å². The number of ether oxygens (including phenoxy) is 2. The van der Waals surface area contributed by atoms with Gasteiger partial charge in [-0.05, 0) is 51.4 Å². The van der Waals surface area contributed by atoms with Crippen molar-refractivity contribution in [3.05, 3.63) is 48.6 Å². The fourth-order valence-corrected chi connectivity index (χ4v) is 3.82. The molecule has 0 fully saturated rings. The Hall–Kier alpha value is -2.03. The smallest absolute Gasteiger partial charge is 0.306 e. The number of likely N-dealkylation sites (N-methyl/N-ethyl adjacent to an activating group) is 1. The van der Waals surface area contributed by atoms with Gasteiger partial charge in [-0.25, -0.2) is 0 Å². The van der Waals surface area contributed by atoms with Crippen molar-refractivity contribution in [1.82, 2.24) is 0 Å². The summed E-state index contributed by atoms with van der Waals surface area (Å²) < 4.78 is 32.9. The minimum Gasteiger partial charge on any atom is -0.756 e. The molecule has 0 aromatic carbocycles. The van der Waals surface area contributed by atoms with Crippen LogP contribution < -0.4 is 4.89 Å². The summed E-state index contributed by atoms with van der Waals surface area (Å²) in [6.45, 7) is 3.61. The highest BCUT2D eigenvalue weighted by molar-refractivity contribution is 7.45. The first-order chi connectivity index (χ1) is 19.0. The summed E-state index contributed by atoms with van der Waals surface area (Å²) in [5.41, 5.74) is 0. The van der Waals surface area contributed by atoms with E-state index in [0.717, 1.165) is 38.5 Å². The van der Waals surface area contributed by atoms with Crippen molar-refractivity contribution in [3.63, 3.8) is 0 Å². The molecule has 2 atom stereocenters. The molecule has 0 rings (SSSR count). The first-order valence-corrected chi connectivity index (χ1v) is 15.8. The first-order valence-electron chi connectivity index (χ1n) is 14.3.